The third-order valence-corrected chi connectivity index (χ3v) is 4.36. The number of hydrogen-bond acceptors (Lipinski definition) is 4. The molecule has 4 amide bonds. The number of nitrogens with two attached hydrogens (primary N) is 1. The van der Waals surface area contributed by atoms with Crippen molar-refractivity contribution in [3.05, 3.63) is 45.1 Å². The molecule has 134 valence electrons. The largest absolute Gasteiger partial charge is 0.459 e. The molecule has 1 unspecified atom stereocenters. The lowest BCUT2D eigenvalue weighted by atomic mass is 9.94. The number of halogens is 2. The van der Waals surface area contributed by atoms with Gasteiger partial charge in [0.15, 0.2) is 0 Å². The number of hydrogen-bond donors (Lipinski definition) is 2. The van der Waals surface area contributed by atoms with Crippen LogP contribution in [0.4, 0.5) is 9.59 Å². The first-order valence-electron chi connectivity index (χ1n) is 7.40. The number of benzene rings is 1. The van der Waals surface area contributed by atoms with E-state index in [2.05, 4.69) is 5.32 Å². The minimum absolute atomic E-state index is 0.0521. The second kappa shape index (κ2) is 7.33. The van der Waals surface area contributed by atoms with Crippen molar-refractivity contribution in [3.8, 4) is 0 Å². The highest BCUT2D eigenvalue weighted by molar-refractivity contribution is 6.42. The number of imide groups is 1. The number of amides is 4. The van der Waals surface area contributed by atoms with Crippen LogP contribution in [0, 0.1) is 0 Å². The molecule has 1 atom stereocenters. The molecule has 0 radical (unpaired) electrons. The summed E-state index contributed by atoms with van der Waals surface area (Å²) in [6, 6.07) is 1.74. The number of primary amides is 1. The maximum atomic E-state index is 12.6. The Morgan fingerprint density at radius 3 is 2.52 bits per heavy atom. The van der Waals surface area contributed by atoms with Crippen LogP contribution in [-0.2, 0) is 9.53 Å². The number of nitrogens with one attached hydrogen (secondary N) is 1. The first-order valence-corrected chi connectivity index (χ1v) is 8.16. The molecule has 3 N–H and O–H groups in total. The number of rotatable bonds is 3. The highest BCUT2D eigenvalue weighted by Crippen LogP contribution is 2.40. The van der Waals surface area contributed by atoms with Crippen LogP contribution < -0.4 is 11.1 Å². The van der Waals surface area contributed by atoms with Crippen molar-refractivity contribution in [3.63, 3.8) is 0 Å². The molecule has 0 aromatic heterocycles. The van der Waals surface area contributed by atoms with Gasteiger partial charge in [0.1, 0.15) is 6.04 Å². The van der Waals surface area contributed by atoms with Crippen LogP contribution in [0.1, 0.15) is 32.4 Å². The summed E-state index contributed by atoms with van der Waals surface area (Å²) in [6.07, 6.45) is -0.400. The highest BCUT2D eigenvalue weighted by atomic mass is 35.5. The lowest BCUT2D eigenvalue weighted by Crippen LogP contribution is -2.53. The fraction of sp³-hybridized carbons (Fsp3) is 0.312. The predicted octanol–water partition coefficient (Wildman–Crippen LogP) is 3.36. The molecular formula is C16H17Cl2N3O4. The van der Waals surface area contributed by atoms with Crippen molar-refractivity contribution >= 4 is 41.2 Å². The Bertz CT molecular complexity index is 777. The number of carbonyl (C=O) groups excluding carboxylic acids is 3. The van der Waals surface area contributed by atoms with Crippen molar-refractivity contribution in [1.29, 1.82) is 0 Å². The molecule has 1 aromatic rings. The van der Waals surface area contributed by atoms with Gasteiger partial charge in [-0.15, -0.1) is 0 Å². The van der Waals surface area contributed by atoms with E-state index in [9.17, 15) is 14.4 Å². The Labute approximate surface area is 154 Å². The summed E-state index contributed by atoms with van der Waals surface area (Å²) in [5.41, 5.74) is 5.94. The summed E-state index contributed by atoms with van der Waals surface area (Å²) < 4.78 is 5.24. The monoisotopic (exact) mass is 385 g/mol. The zero-order chi connectivity index (χ0) is 18.9. The van der Waals surface area contributed by atoms with Gasteiger partial charge >= 0.3 is 18.0 Å². The van der Waals surface area contributed by atoms with Crippen LogP contribution in [0.3, 0.4) is 0 Å². The Balaban J connectivity index is 2.70. The van der Waals surface area contributed by atoms with E-state index in [1.54, 1.807) is 32.0 Å². The number of nitrogens with zero attached hydrogens (tertiary/aromatic N) is 1. The van der Waals surface area contributed by atoms with E-state index in [1.807, 2.05) is 0 Å². The standard InChI is InChI=1S/C16H17Cl2N3O4/c1-7(2)25-14(22)11-8(3)20-16(24)21(15(19)23)13(11)9-5-4-6-10(17)12(9)18/h4-7,13H,1-3H3,(H2,19,23)(H,20,24). The molecule has 1 aliphatic heterocycles. The van der Waals surface area contributed by atoms with E-state index < -0.39 is 30.2 Å². The Morgan fingerprint density at radius 1 is 1.32 bits per heavy atom. The molecule has 1 aliphatic rings. The highest BCUT2D eigenvalue weighted by Gasteiger charge is 2.42. The second-order valence-electron chi connectivity index (χ2n) is 5.68. The maximum absolute atomic E-state index is 12.6. The van der Waals surface area contributed by atoms with Gasteiger partial charge < -0.3 is 15.8 Å². The van der Waals surface area contributed by atoms with Gasteiger partial charge in [-0.05, 0) is 26.8 Å². The molecule has 7 nitrogen and oxygen atoms in total. The quantitative estimate of drug-likeness (QED) is 0.778. The van der Waals surface area contributed by atoms with Gasteiger partial charge in [-0.3, -0.25) is 0 Å². The van der Waals surface area contributed by atoms with E-state index in [4.69, 9.17) is 33.7 Å². The number of ether oxygens (including phenoxy) is 1. The number of carbonyl (C=O) groups is 3. The average molecular weight is 386 g/mol. The molecular weight excluding hydrogens is 369 g/mol. The van der Waals surface area contributed by atoms with E-state index >= 15 is 0 Å². The lowest BCUT2D eigenvalue weighted by molar-refractivity contribution is -0.143. The Hall–Kier alpha value is -2.25. The summed E-state index contributed by atoms with van der Waals surface area (Å²) in [7, 11) is 0. The molecule has 0 fully saturated rings. The normalized spacial score (nSPS) is 17.6. The van der Waals surface area contributed by atoms with Crippen LogP contribution in [0.25, 0.3) is 0 Å². The van der Waals surface area contributed by atoms with Crippen molar-refractivity contribution in [2.75, 3.05) is 0 Å². The first kappa shape index (κ1) is 19.1. The van der Waals surface area contributed by atoms with E-state index in [1.165, 1.54) is 6.92 Å². The molecule has 0 aliphatic carbocycles. The predicted molar refractivity (Wildman–Crippen MR) is 93.1 cm³/mol. The fourth-order valence-electron chi connectivity index (χ4n) is 2.54. The molecule has 2 rings (SSSR count). The SMILES string of the molecule is CC1=C(C(=O)OC(C)C)C(c2cccc(Cl)c2Cl)N(C(N)=O)C(=O)N1. The van der Waals surface area contributed by atoms with Gasteiger partial charge in [0.05, 0.1) is 21.7 Å². The number of esters is 1. The van der Waals surface area contributed by atoms with Gasteiger partial charge in [0, 0.05) is 11.3 Å². The minimum atomic E-state index is -1.15. The van der Waals surface area contributed by atoms with E-state index in [-0.39, 0.29) is 26.9 Å². The van der Waals surface area contributed by atoms with Gasteiger partial charge in [0.2, 0.25) is 0 Å². The van der Waals surface area contributed by atoms with Crippen LogP contribution in [-0.4, -0.2) is 29.0 Å². The minimum Gasteiger partial charge on any atom is -0.459 e. The molecule has 25 heavy (non-hydrogen) atoms. The molecule has 1 aromatic carbocycles. The average Bonchev–Trinajstić information content (AvgIpc) is 2.47. The second-order valence-corrected chi connectivity index (χ2v) is 6.46. The Morgan fingerprint density at radius 2 is 1.96 bits per heavy atom. The molecule has 0 saturated carbocycles. The van der Waals surface area contributed by atoms with Gasteiger partial charge in [-0.1, -0.05) is 35.3 Å². The number of allylic oxidation sites excluding steroid dienone is 1. The number of urea groups is 2. The van der Waals surface area contributed by atoms with Crippen LogP contribution in [0.15, 0.2) is 29.5 Å². The summed E-state index contributed by atoms with van der Waals surface area (Å²) in [5.74, 6) is -0.695. The van der Waals surface area contributed by atoms with Gasteiger partial charge in [-0.2, -0.15) is 0 Å². The van der Waals surface area contributed by atoms with Crippen molar-refractivity contribution < 1.29 is 19.1 Å². The third-order valence-electron chi connectivity index (χ3n) is 3.53. The zero-order valence-corrected chi connectivity index (χ0v) is 15.3. The fourth-order valence-corrected chi connectivity index (χ4v) is 2.95. The summed E-state index contributed by atoms with van der Waals surface area (Å²) >= 11 is 12.3. The van der Waals surface area contributed by atoms with Gasteiger partial charge in [-0.25, -0.2) is 19.3 Å². The van der Waals surface area contributed by atoms with Crippen LogP contribution in [0.2, 0.25) is 10.0 Å². The molecule has 0 spiro atoms. The molecule has 0 saturated heterocycles. The Kier molecular flexibility index (Phi) is 5.59. The summed E-state index contributed by atoms with van der Waals surface area (Å²) in [5, 5.41) is 2.76. The topological polar surface area (TPSA) is 102 Å². The van der Waals surface area contributed by atoms with Crippen molar-refractivity contribution in [2.45, 2.75) is 32.9 Å². The third kappa shape index (κ3) is 3.72. The van der Waals surface area contributed by atoms with Crippen molar-refractivity contribution in [1.82, 2.24) is 10.2 Å². The van der Waals surface area contributed by atoms with Crippen LogP contribution in [0.5, 0.6) is 0 Å². The van der Waals surface area contributed by atoms with E-state index in [0.717, 1.165) is 0 Å². The molecule has 9 heteroatoms. The summed E-state index contributed by atoms with van der Waals surface area (Å²) in [6.45, 7) is 4.89. The van der Waals surface area contributed by atoms with Crippen molar-refractivity contribution in [2.24, 2.45) is 5.73 Å². The molecule has 0 bridgehead atoms. The molecule has 1 heterocycles. The lowest BCUT2D eigenvalue weighted by Gasteiger charge is -2.35. The maximum Gasteiger partial charge on any atom is 0.338 e. The van der Waals surface area contributed by atoms with Gasteiger partial charge in [0.25, 0.3) is 0 Å². The van der Waals surface area contributed by atoms with E-state index in [0.29, 0.717) is 4.90 Å². The first-order chi connectivity index (χ1) is 11.6. The summed E-state index contributed by atoms with van der Waals surface area (Å²) in [4.78, 5) is 37.4. The zero-order valence-electron chi connectivity index (χ0n) is 13.8. The van der Waals surface area contributed by atoms with Crippen LogP contribution >= 0.6 is 23.2 Å². The smallest absolute Gasteiger partial charge is 0.338 e.